The third-order valence-electron chi connectivity index (χ3n) is 6.84. The molecule has 178 valence electrons. The Hall–Kier alpha value is -3.36. The van der Waals surface area contributed by atoms with Gasteiger partial charge in [0.25, 0.3) is 0 Å². The Bertz CT molecular complexity index is 1140. The maximum atomic E-state index is 13.8. The number of benzene rings is 1. The first-order valence-electron chi connectivity index (χ1n) is 12.1. The van der Waals surface area contributed by atoms with Crippen molar-refractivity contribution in [1.29, 1.82) is 0 Å². The second-order valence-electron chi connectivity index (χ2n) is 9.17. The second kappa shape index (κ2) is 9.87. The van der Waals surface area contributed by atoms with E-state index in [1.165, 1.54) is 25.3 Å². The number of piperazine rings is 1. The lowest BCUT2D eigenvalue weighted by molar-refractivity contribution is -0.132. The van der Waals surface area contributed by atoms with Crippen LogP contribution in [0.5, 0.6) is 0 Å². The van der Waals surface area contributed by atoms with Gasteiger partial charge in [-0.2, -0.15) is 5.10 Å². The predicted octanol–water partition coefficient (Wildman–Crippen LogP) is 3.58. The molecular formula is C25H30FN7O. The van der Waals surface area contributed by atoms with Gasteiger partial charge in [0.05, 0.1) is 0 Å². The monoisotopic (exact) mass is 463 g/mol. The van der Waals surface area contributed by atoms with E-state index in [1.54, 1.807) is 42.2 Å². The summed E-state index contributed by atoms with van der Waals surface area (Å²) >= 11 is 0. The summed E-state index contributed by atoms with van der Waals surface area (Å²) in [6.07, 6.45) is 9.16. The molecule has 1 saturated heterocycles. The quantitative estimate of drug-likeness (QED) is 0.576. The maximum absolute atomic E-state index is 13.8. The van der Waals surface area contributed by atoms with Crippen LogP contribution in [0.3, 0.4) is 0 Å². The van der Waals surface area contributed by atoms with Crippen molar-refractivity contribution in [3.63, 3.8) is 0 Å². The fraction of sp³-hybridized carbons (Fsp3) is 0.480. The second-order valence-corrected chi connectivity index (χ2v) is 9.17. The Kier molecular flexibility index (Phi) is 6.51. The smallest absolute Gasteiger partial charge is 0.244 e. The van der Waals surface area contributed by atoms with E-state index in [9.17, 15) is 9.18 Å². The highest BCUT2D eigenvalue weighted by Crippen LogP contribution is 2.33. The minimum atomic E-state index is -0.245. The number of anilines is 1. The molecule has 2 fully saturated rings. The lowest BCUT2D eigenvalue weighted by atomic mass is 9.88. The number of hydrogen-bond acceptors (Lipinski definition) is 6. The van der Waals surface area contributed by atoms with Crippen LogP contribution in [0, 0.1) is 12.7 Å². The summed E-state index contributed by atoms with van der Waals surface area (Å²) in [5.41, 5.74) is 1.34. The first kappa shape index (κ1) is 22.4. The van der Waals surface area contributed by atoms with Crippen LogP contribution >= 0.6 is 0 Å². The van der Waals surface area contributed by atoms with Gasteiger partial charge in [-0.15, -0.1) is 0 Å². The summed E-state index contributed by atoms with van der Waals surface area (Å²) in [4.78, 5) is 30.7. The van der Waals surface area contributed by atoms with Crippen molar-refractivity contribution in [2.24, 2.45) is 0 Å². The third kappa shape index (κ3) is 4.78. The number of aryl methyl sites for hydroxylation is 1. The molecule has 1 amide bonds. The highest BCUT2D eigenvalue weighted by Gasteiger charge is 2.27. The van der Waals surface area contributed by atoms with E-state index in [4.69, 9.17) is 10.1 Å². The minimum absolute atomic E-state index is 0.0393. The van der Waals surface area contributed by atoms with E-state index in [2.05, 4.69) is 14.9 Å². The van der Waals surface area contributed by atoms with Gasteiger partial charge in [-0.1, -0.05) is 19.3 Å². The molecule has 1 aromatic carbocycles. The molecule has 0 N–H and O–H groups in total. The van der Waals surface area contributed by atoms with Crippen molar-refractivity contribution in [2.75, 3.05) is 31.1 Å². The molecule has 2 aromatic heterocycles. The van der Waals surface area contributed by atoms with Crippen molar-refractivity contribution in [1.82, 2.24) is 29.6 Å². The first-order valence-corrected chi connectivity index (χ1v) is 12.1. The van der Waals surface area contributed by atoms with Crippen LogP contribution in [0.4, 0.5) is 10.3 Å². The van der Waals surface area contributed by atoms with Crippen molar-refractivity contribution < 1.29 is 9.18 Å². The largest absolute Gasteiger partial charge is 0.338 e. The number of aromatic nitrogens is 5. The number of amides is 1. The van der Waals surface area contributed by atoms with Crippen LogP contribution in [-0.2, 0) is 11.3 Å². The van der Waals surface area contributed by atoms with Gasteiger partial charge >= 0.3 is 0 Å². The summed E-state index contributed by atoms with van der Waals surface area (Å²) < 4.78 is 15.6. The summed E-state index contributed by atoms with van der Waals surface area (Å²) in [5, 5.41) is 4.73. The van der Waals surface area contributed by atoms with Gasteiger partial charge < -0.3 is 9.80 Å². The lowest BCUT2D eigenvalue weighted by Crippen LogP contribution is -2.50. The van der Waals surface area contributed by atoms with E-state index < -0.39 is 0 Å². The van der Waals surface area contributed by atoms with E-state index in [1.807, 2.05) is 4.90 Å². The van der Waals surface area contributed by atoms with Crippen LogP contribution in [0.1, 0.15) is 49.4 Å². The fourth-order valence-electron chi connectivity index (χ4n) is 4.88. The molecule has 0 bridgehead atoms. The van der Waals surface area contributed by atoms with Crippen molar-refractivity contribution in [2.45, 2.75) is 51.5 Å². The molecule has 2 aliphatic rings. The minimum Gasteiger partial charge on any atom is -0.338 e. The van der Waals surface area contributed by atoms with Crippen LogP contribution in [0.25, 0.3) is 11.4 Å². The van der Waals surface area contributed by atoms with E-state index in [0.29, 0.717) is 49.4 Å². The van der Waals surface area contributed by atoms with Gasteiger partial charge in [-0.25, -0.2) is 24.0 Å². The molecule has 0 spiro atoms. The topological polar surface area (TPSA) is 80.0 Å². The maximum Gasteiger partial charge on any atom is 0.244 e. The zero-order valence-electron chi connectivity index (χ0n) is 19.5. The Labute approximate surface area is 198 Å². The van der Waals surface area contributed by atoms with Crippen LogP contribution in [-0.4, -0.2) is 61.7 Å². The van der Waals surface area contributed by atoms with Crippen molar-refractivity contribution >= 4 is 11.9 Å². The molecule has 9 heteroatoms. The van der Waals surface area contributed by atoms with E-state index in [-0.39, 0.29) is 18.3 Å². The zero-order valence-corrected chi connectivity index (χ0v) is 19.5. The number of rotatable bonds is 5. The summed E-state index contributed by atoms with van der Waals surface area (Å²) in [6.45, 7) is 4.54. The zero-order chi connectivity index (χ0) is 23.5. The molecule has 5 rings (SSSR count). The van der Waals surface area contributed by atoms with E-state index in [0.717, 1.165) is 24.2 Å². The highest BCUT2D eigenvalue weighted by atomic mass is 19.1. The Balaban J connectivity index is 1.33. The molecule has 0 unspecified atom stereocenters. The van der Waals surface area contributed by atoms with Crippen LogP contribution in [0.2, 0.25) is 0 Å². The summed E-state index contributed by atoms with van der Waals surface area (Å²) in [5.74, 6) is 2.23. The van der Waals surface area contributed by atoms with Gasteiger partial charge in [0.2, 0.25) is 11.9 Å². The highest BCUT2D eigenvalue weighted by molar-refractivity contribution is 5.76. The van der Waals surface area contributed by atoms with Gasteiger partial charge in [-0.05, 0) is 49.6 Å². The Morgan fingerprint density at radius 3 is 2.50 bits per heavy atom. The van der Waals surface area contributed by atoms with Gasteiger partial charge in [0.15, 0.2) is 5.82 Å². The van der Waals surface area contributed by atoms with Crippen LogP contribution < -0.4 is 4.90 Å². The molecule has 1 aliphatic heterocycles. The molecule has 34 heavy (non-hydrogen) atoms. The molecule has 1 saturated carbocycles. The number of carbonyl (C=O) groups excluding carboxylic acids is 1. The number of hydrogen-bond donors (Lipinski definition) is 0. The molecule has 3 heterocycles. The summed E-state index contributed by atoms with van der Waals surface area (Å²) in [7, 11) is 0. The fourth-order valence-corrected chi connectivity index (χ4v) is 4.88. The summed E-state index contributed by atoms with van der Waals surface area (Å²) in [6, 6.07) is 6.73. The SMILES string of the molecule is Cc1cc(-c2nc(C3CCCCC3)n(CC(=O)N3CCN(c4ncccn4)CC3)n2)ccc1F. The van der Waals surface area contributed by atoms with Gasteiger partial charge in [-0.3, -0.25) is 4.79 Å². The third-order valence-corrected chi connectivity index (χ3v) is 6.84. The van der Waals surface area contributed by atoms with E-state index >= 15 is 0 Å². The Morgan fingerprint density at radius 1 is 1.06 bits per heavy atom. The molecule has 3 aromatic rings. The molecule has 0 atom stereocenters. The molecular weight excluding hydrogens is 433 g/mol. The Morgan fingerprint density at radius 2 is 1.79 bits per heavy atom. The molecule has 8 nitrogen and oxygen atoms in total. The van der Waals surface area contributed by atoms with Gasteiger partial charge in [0.1, 0.15) is 18.2 Å². The average Bonchev–Trinajstić information content (AvgIpc) is 3.30. The number of halogens is 1. The van der Waals surface area contributed by atoms with Gasteiger partial charge in [0, 0.05) is 50.1 Å². The standard InChI is InChI=1S/C25H30FN7O/c1-18-16-20(8-9-21(18)26)23-29-24(19-6-3-2-4-7-19)33(30-23)17-22(34)31-12-14-32(15-13-31)25-27-10-5-11-28-25/h5,8-11,16,19H,2-4,6-7,12-15,17H2,1H3. The predicted molar refractivity (Wildman–Crippen MR) is 127 cm³/mol. The number of nitrogens with zero attached hydrogens (tertiary/aromatic N) is 7. The average molecular weight is 464 g/mol. The van der Waals surface area contributed by atoms with Crippen molar-refractivity contribution in [3.05, 3.63) is 53.9 Å². The first-order chi connectivity index (χ1) is 16.6. The lowest BCUT2D eigenvalue weighted by Gasteiger charge is -2.34. The number of carbonyl (C=O) groups is 1. The van der Waals surface area contributed by atoms with Crippen molar-refractivity contribution in [3.8, 4) is 11.4 Å². The normalized spacial score (nSPS) is 17.2. The molecule has 1 aliphatic carbocycles. The van der Waals surface area contributed by atoms with Crippen LogP contribution in [0.15, 0.2) is 36.7 Å². The molecule has 0 radical (unpaired) electrons.